The number of benzene rings is 1. The summed E-state index contributed by atoms with van der Waals surface area (Å²) in [5.74, 6) is 0.358. The van der Waals surface area contributed by atoms with E-state index in [1.165, 1.54) is 0 Å². The number of nitrogens with zero attached hydrogens (tertiary/aromatic N) is 3. The monoisotopic (exact) mass is 340 g/mol. The van der Waals surface area contributed by atoms with Gasteiger partial charge in [-0.05, 0) is 27.7 Å². The van der Waals surface area contributed by atoms with Gasteiger partial charge < -0.3 is 15.0 Å². The zero-order valence-corrected chi connectivity index (χ0v) is 15.1. The van der Waals surface area contributed by atoms with Crippen LogP contribution >= 0.6 is 0 Å². The smallest absolute Gasteiger partial charge is 0.275 e. The van der Waals surface area contributed by atoms with Gasteiger partial charge in [0.05, 0.1) is 11.3 Å². The van der Waals surface area contributed by atoms with Gasteiger partial charge in [0.1, 0.15) is 5.69 Å². The lowest BCUT2D eigenvalue weighted by molar-refractivity contribution is -0.0455. The lowest BCUT2D eigenvalue weighted by Crippen LogP contribution is -2.35. The highest BCUT2D eigenvalue weighted by molar-refractivity contribution is 5.99. The molecule has 1 aliphatic heterocycles. The first kappa shape index (κ1) is 17.4. The third-order valence-corrected chi connectivity index (χ3v) is 4.15. The Balaban J connectivity index is 2.23. The van der Waals surface area contributed by atoms with E-state index in [1.807, 2.05) is 58.0 Å². The third kappa shape index (κ3) is 3.09. The number of rotatable bonds is 6. The number of hydrogen-bond acceptors (Lipinski definition) is 5. The summed E-state index contributed by atoms with van der Waals surface area (Å²) in [5.41, 5.74) is 2.88. The molecule has 1 aromatic carbocycles. The summed E-state index contributed by atoms with van der Waals surface area (Å²) >= 11 is 0. The van der Waals surface area contributed by atoms with Crippen LogP contribution in [0.4, 0.5) is 5.95 Å². The number of anilines is 1. The molecule has 132 valence electrons. The van der Waals surface area contributed by atoms with Crippen molar-refractivity contribution in [3.63, 3.8) is 0 Å². The molecular formula is C19H24N4O2. The van der Waals surface area contributed by atoms with E-state index in [0.29, 0.717) is 24.8 Å². The fourth-order valence-electron chi connectivity index (χ4n) is 3.11. The zero-order chi connectivity index (χ0) is 18.0. The van der Waals surface area contributed by atoms with Crippen molar-refractivity contribution < 1.29 is 9.53 Å². The van der Waals surface area contributed by atoms with Crippen LogP contribution in [-0.4, -0.2) is 40.0 Å². The second-order valence-corrected chi connectivity index (χ2v) is 6.17. The highest BCUT2D eigenvalue weighted by Crippen LogP contribution is 2.40. The Morgan fingerprint density at radius 2 is 1.84 bits per heavy atom. The van der Waals surface area contributed by atoms with Gasteiger partial charge in [-0.25, -0.2) is 9.97 Å². The van der Waals surface area contributed by atoms with Crippen molar-refractivity contribution in [3.8, 4) is 11.3 Å². The minimum atomic E-state index is -0.460. The van der Waals surface area contributed by atoms with Gasteiger partial charge in [0.15, 0.2) is 6.23 Å². The molecule has 0 saturated carbocycles. The average molecular weight is 340 g/mol. The summed E-state index contributed by atoms with van der Waals surface area (Å²) in [6.45, 7) is 9.06. The van der Waals surface area contributed by atoms with Gasteiger partial charge in [-0.2, -0.15) is 0 Å². The van der Waals surface area contributed by atoms with E-state index in [1.54, 1.807) is 4.90 Å². The van der Waals surface area contributed by atoms with Crippen LogP contribution in [0.3, 0.4) is 0 Å². The van der Waals surface area contributed by atoms with Crippen LogP contribution in [-0.2, 0) is 4.74 Å². The van der Waals surface area contributed by atoms with Crippen molar-refractivity contribution in [1.82, 2.24) is 14.9 Å². The maximum Gasteiger partial charge on any atom is 0.275 e. The van der Waals surface area contributed by atoms with Crippen molar-refractivity contribution in [2.45, 2.75) is 40.0 Å². The molecule has 1 aliphatic rings. The fourth-order valence-corrected chi connectivity index (χ4v) is 3.11. The molecule has 3 rings (SSSR count). The van der Waals surface area contributed by atoms with Gasteiger partial charge in [-0.3, -0.25) is 4.79 Å². The predicted molar refractivity (Wildman–Crippen MR) is 97.3 cm³/mol. The fraction of sp³-hybridized carbons (Fsp3) is 0.421. The molecule has 1 N–H and O–H groups in total. The van der Waals surface area contributed by atoms with Crippen LogP contribution in [0, 0.1) is 0 Å². The molecule has 2 aromatic rings. The second-order valence-electron chi connectivity index (χ2n) is 6.17. The summed E-state index contributed by atoms with van der Waals surface area (Å²) < 4.78 is 5.94. The zero-order valence-electron chi connectivity index (χ0n) is 15.1. The summed E-state index contributed by atoms with van der Waals surface area (Å²) in [6, 6.07) is 9.87. The number of amides is 1. The van der Waals surface area contributed by atoms with Crippen LogP contribution in [0.2, 0.25) is 0 Å². The molecular weight excluding hydrogens is 316 g/mol. The third-order valence-electron chi connectivity index (χ3n) is 4.15. The summed E-state index contributed by atoms with van der Waals surface area (Å²) in [5, 5.41) is 3.13. The van der Waals surface area contributed by atoms with E-state index < -0.39 is 6.23 Å². The highest BCUT2D eigenvalue weighted by Gasteiger charge is 2.43. The Bertz CT molecular complexity index is 762. The van der Waals surface area contributed by atoms with E-state index in [0.717, 1.165) is 16.8 Å². The highest BCUT2D eigenvalue weighted by atomic mass is 16.5. The van der Waals surface area contributed by atoms with Crippen molar-refractivity contribution in [3.05, 3.63) is 41.6 Å². The molecule has 0 spiro atoms. The number of carbonyl (C=O) groups is 1. The van der Waals surface area contributed by atoms with Crippen molar-refractivity contribution in [2.75, 3.05) is 18.5 Å². The lowest BCUT2D eigenvalue weighted by atomic mass is 10.0. The minimum absolute atomic E-state index is 0.00413. The Morgan fingerprint density at radius 1 is 1.16 bits per heavy atom. The van der Waals surface area contributed by atoms with Gasteiger partial charge in [0, 0.05) is 24.8 Å². The molecule has 1 atom stereocenters. The first-order valence-electron chi connectivity index (χ1n) is 8.73. The van der Waals surface area contributed by atoms with Crippen LogP contribution in [0.15, 0.2) is 30.3 Å². The molecule has 6 nitrogen and oxygen atoms in total. The van der Waals surface area contributed by atoms with Gasteiger partial charge in [0.25, 0.3) is 5.91 Å². The number of ether oxygens (including phenoxy) is 1. The molecule has 2 heterocycles. The largest absolute Gasteiger partial charge is 0.354 e. The summed E-state index contributed by atoms with van der Waals surface area (Å²) in [6.07, 6.45) is -0.460. The number of carbonyl (C=O) groups excluding carboxylic acids is 1. The van der Waals surface area contributed by atoms with E-state index in [4.69, 9.17) is 4.74 Å². The van der Waals surface area contributed by atoms with Gasteiger partial charge in [-0.1, -0.05) is 30.3 Å². The Labute approximate surface area is 148 Å². The predicted octanol–water partition coefficient (Wildman–Crippen LogP) is 3.47. The lowest BCUT2D eigenvalue weighted by Gasteiger charge is -2.28. The summed E-state index contributed by atoms with van der Waals surface area (Å²) in [7, 11) is 0. The molecule has 0 fully saturated rings. The molecule has 0 aliphatic carbocycles. The summed E-state index contributed by atoms with van der Waals surface area (Å²) in [4.78, 5) is 23.9. The molecule has 6 heteroatoms. The number of aromatic nitrogens is 2. The van der Waals surface area contributed by atoms with Crippen molar-refractivity contribution in [1.29, 1.82) is 0 Å². The molecule has 1 amide bonds. The minimum Gasteiger partial charge on any atom is -0.354 e. The van der Waals surface area contributed by atoms with E-state index in [-0.39, 0.29) is 11.9 Å². The normalized spacial score (nSPS) is 16.4. The molecule has 0 saturated heterocycles. The van der Waals surface area contributed by atoms with Crippen LogP contribution in [0.25, 0.3) is 11.3 Å². The van der Waals surface area contributed by atoms with E-state index >= 15 is 0 Å². The molecule has 1 unspecified atom stereocenters. The van der Waals surface area contributed by atoms with Crippen molar-refractivity contribution >= 4 is 11.9 Å². The quantitative estimate of drug-likeness (QED) is 0.872. The SMILES string of the molecule is CCNc1nc2c(c(-c3ccccc3)n1)C(OCC)N(C(C)C)C2=O. The maximum atomic E-state index is 13.0. The topological polar surface area (TPSA) is 67.4 Å². The average Bonchev–Trinajstić information content (AvgIpc) is 2.88. The van der Waals surface area contributed by atoms with Crippen LogP contribution < -0.4 is 5.32 Å². The first-order valence-corrected chi connectivity index (χ1v) is 8.73. The maximum absolute atomic E-state index is 13.0. The van der Waals surface area contributed by atoms with Crippen LogP contribution in [0.1, 0.15) is 50.0 Å². The van der Waals surface area contributed by atoms with Crippen LogP contribution in [0.5, 0.6) is 0 Å². The Hall–Kier alpha value is -2.47. The first-order chi connectivity index (χ1) is 12.1. The van der Waals surface area contributed by atoms with Gasteiger partial charge in [-0.15, -0.1) is 0 Å². The number of fused-ring (bicyclic) bond motifs is 1. The number of hydrogen-bond donors (Lipinski definition) is 1. The molecule has 1 aromatic heterocycles. The molecule has 25 heavy (non-hydrogen) atoms. The van der Waals surface area contributed by atoms with E-state index in [2.05, 4.69) is 15.3 Å². The Kier molecular flexibility index (Phi) is 4.99. The molecule has 0 radical (unpaired) electrons. The van der Waals surface area contributed by atoms with Crippen molar-refractivity contribution in [2.24, 2.45) is 0 Å². The molecule has 0 bridgehead atoms. The number of nitrogens with one attached hydrogen (secondary N) is 1. The Morgan fingerprint density at radius 3 is 2.44 bits per heavy atom. The second kappa shape index (κ2) is 7.19. The standard InChI is InChI=1S/C19H24N4O2/c1-5-20-19-21-15(13-10-8-7-9-11-13)14-16(22-19)17(24)23(12(3)4)18(14)25-6-2/h7-12,18H,5-6H2,1-4H3,(H,20,21,22). The van der Waals surface area contributed by atoms with Gasteiger partial charge in [0.2, 0.25) is 5.95 Å². The van der Waals surface area contributed by atoms with E-state index in [9.17, 15) is 4.79 Å². The van der Waals surface area contributed by atoms with Gasteiger partial charge >= 0.3 is 0 Å².